The zero-order chi connectivity index (χ0) is 16.8. The predicted octanol–water partition coefficient (Wildman–Crippen LogP) is 3.41. The number of urea groups is 1. The molecule has 1 atom stereocenters. The highest BCUT2D eigenvalue weighted by molar-refractivity contribution is 5.74. The van der Waals surface area contributed by atoms with Crippen LogP contribution in [0.3, 0.4) is 0 Å². The maximum absolute atomic E-state index is 12.3. The van der Waals surface area contributed by atoms with Crippen LogP contribution in [0.5, 0.6) is 11.5 Å². The van der Waals surface area contributed by atoms with Gasteiger partial charge in [-0.15, -0.1) is 0 Å². The van der Waals surface area contributed by atoms with Crippen molar-refractivity contribution in [2.24, 2.45) is 0 Å². The lowest BCUT2D eigenvalue weighted by Gasteiger charge is -2.19. The summed E-state index contributed by atoms with van der Waals surface area (Å²) in [4.78, 5) is 12.3. The van der Waals surface area contributed by atoms with Gasteiger partial charge in [-0.05, 0) is 25.0 Å². The van der Waals surface area contributed by atoms with Crippen LogP contribution >= 0.6 is 0 Å². The van der Waals surface area contributed by atoms with Crippen LogP contribution in [0.15, 0.2) is 48.5 Å². The summed E-state index contributed by atoms with van der Waals surface area (Å²) in [6.45, 7) is 1.10. The van der Waals surface area contributed by atoms with Crippen molar-refractivity contribution < 1.29 is 14.3 Å². The van der Waals surface area contributed by atoms with E-state index in [2.05, 4.69) is 10.6 Å². The molecule has 5 heteroatoms. The number of rotatable bonds is 4. The molecule has 0 fully saturated rings. The first-order valence-electron chi connectivity index (χ1n) is 8.16. The van der Waals surface area contributed by atoms with E-state index in [9.17, 15) is 4.79 Å². The van der Waals surface area contributed by atoms with Crippen LogP contribution in [0, 0.1) is 0 Å². The first kappa shape index (κ1) is 16.2. The Morgan fingerprint density at radius 3 is 2.88 bits per heavy atom. The van der Waals surface area contributed by atoms with Crippen LogP contribution in [0.1, 0.15) is 30.0 Å². The summed E-state index contributed by atoms with van der Waals surface area (Å²) in [7, 11) is 1.63. The second-order valence-corrected chi connectivity index (χ2v) is 5.72. The Hall–Kier alpha value is -2.69. The smallest absolute Gasteiger partial charge is 0.315 e. The van der Waals surface area contributed by atoms with Gasteiger partial charge >= 0.3 is 6.03 Å². The van der Waals surface area contributed by atoms with Crippen molar-refractivity contribution in [2.45, 2.75) is 25.4 Å². The van der Waals surface area contributed by atoms with Gasteiger partial charge in [0.05, 0.1) is 19.8 Å². The summed E-state index contributed by atoms with van der Waals surface area (Å²) < 4.78 is 11.0. The van der Waals surface area contributed by atoms with Gasteiger partial charge in [0.25, 0.3) is 0 Å². The van der Waals surface area contributed by atoms with E-state index in [1.165, 1.54) is 0 Å². The Bertz CT molecular complexity index is 703. The molecular weight excluding hydrogens is 304 g/mol. The topological polar surface area (TPSA) is 59.6 Å². The minimum atomic E-state index is -0.192. The summed E-state index contributed by atoms with van der Waals surface area (Å²) in [6.07, 6.45) is 1.77. The molecule has 1 aliphatic heterocycles. The summed E-state index contributed by atoms with van der Waals surface area (Å²) in [5.74, 6) is 1.62. The molecule has 0 spiro atoms. The standard InChI is InChI=1S/C19H22N2O3/c1-23-17-10-4-2-7-14(17)13-20-19(22)21-16-9-6-12-24-18-11-5-3-8-15(16)18/h2-5,7-8,10-11,16H,6,9,12-13H2,1H3,(H2,20,21,22). The van der Waals surface area contributed by atoms with Crippen LogP contribution in [0.25, 0.3) is 0 Å². The molecule has 0 radical (unpaired) electrons. The fourth-order valence-electron chi connectivity index (χ4n) is 2.91. The Morgan fingerprint density at radius 2 is 2.00 bits per heavy atom. The molecule has 1 unspecified atom stereocenters. The quantitative estimate of drug-likeness (QED) is 0.905. The molecule has 0 bridgehead atoms. The van der Waals surface area contributed by atoms with E-state index in [1.54, 1.807) is 7.11 Å². The monoisotopic (exact) mass is 326 g/mol. The normalized spacial score (nSPS) is 16.3. The number of ether oxygens (including phenoxy) is 2. The van der Waals surface area contributed by atoms with E-state index in [0.717, 1.165) is 35.5 Å². The molecule has 1 heterocycles. The third kappa shape index (κ3) is 3.79. The summed E-state index contributed by atoms with van der Waals surface area (Å²) in [5, 5.41) is 5.95. The number of hydrogen-bond donors (Lipinski definition) is 2. The molecule has 1 aliphatic rings. The van der Waals surface area contributed by atoms with E-state index in [-0.39, 0.29) is 12.1 Å². The van der Waals surface area contributed by atoms with E-state index in [0.29, 0.717) is 13.2 Å². The third-order valence-electron chi connectivity index (χ3n) is 4.13. The first-order chi connectivity index (χ1) is 11.8. The molecule has 0 aliphatic carbocycles. The molecule has 0 saturated heterocycles. The minimum Gasteiger partial charge on any atom is -0.496 e. The third-order valence-corrected chi connectivity index (χ3v) is 4.13. The zero-order valence-corrected chi connectivity index (χ0v) is 13.7. The summed E-state index contributed by atoms with van der Waals surface area (Å²) in [5.41, 5.74) is 1.97. The van der Waals surface area contributed by atoms with Gasteiger partial charge in [-0.25, -0.2) is 4.79 Å². The van der Waals surface area contributed by atoms with E-state index < -0.39 is 0 Å². The Labute approximate surface area is 142 Å². The molecule has 24 heavy (non-hydrogen) atoms. The maximum atomic E-state index is 12.3. The van der Waals surface area contributed by atoms with Crippen LogP contribution in [0.2, 0.25) is 0 Å². The number of carbonyl (C=O) groups is 1. The fraction of sp³-hybridized carbons (Fsp3) is 0.316. The van der Waals surface area contributed by atoms with Gasteiger partial charge in [-0.3, -0.25) is 0 Å². The lowest BCUT2D eigenvalue weighted by molar-refractivity contribution is 0.235. The number of nitrogens with one attached hydrogen (secondary N) is 2. The van der Waals surface area contributed by atoms with Crippen molar-refractivity contribution in [3.63, 3.8) is 0 Å². The second kappa shape index (κ2) is 7.73. The number of methoxy groups -OCH3 is 1. The van der Waals surface area contributed by atoms with Gasteiger partial charge in [0.15, 0.2) is 0 Å². The molecule has 0 saturated carbocycles. The van der Waals surface area contributed by atoms with Gasteiger partial charge in [0.1, 0.15) is 11.5 Å². The van der Waals surface area contributed by atoms with Gasteiger partial charge in [-0.2, -0.15) is 0 Å². The van der Waals surface area contributed by atoms with Crippen LogP contribution in [0.4, 0.5) is 4.79 Å². The van der Waals surface area contributed by atoms with Crippen molar-refractivity contribution in [1.82, 2.24) is 10.6 Å². The van der Waals surface area contributed by atoms with E-state index >= 15 is 0 Å². The van der Waals surface area contributed by atoms with Crippen LogP contribution < -0.4 is 20.1 Å². The van der Waals surface area contributed by atoms with Crippen molar-refractivity contribution >= 4 is 6.03 Å². The van der Waals surface area contributed by atoms with Crippen LogP contribution in [-0.4, -0.2) is 19.7 Å². The number of fused-ring (bicyclic) bond motifs is 1. The number of benzene rings is 2. The Balaban J connectivity index is 1.63. The molecule has 5 nitrogen and oxygen atoms in total. The van der Waals surface area contributed by atoms with E-state index in [1.807, 2.05) is 48.5 Å². The Kier molecular flexibility index (Phi) is 5.21. The van der Waals surface area contributed by atoms with Gasteiger partial charge in [0, 0.05) is 17.7 Å². The lowest BCUT2D eigenvalue weighted by atomic mass is 10.0. The average Bonchev–Trinajstić information content (AvgIpc) is 2.83. The highest BCUT2D eigenvalue weighted by Gasteiger charge is 2.21. The molecule has 3 rings (SSSR count). The SMILES string of the molecule is COc1ccccc1CNC(=O)NC1CCCOc2ccccc21. The summed E-state index contributed by atoms with van der Waals surface area (Å²) in [6, 6.07) is 15.3. The van der Waals surface area contributed by atoms with Gasteiger partial charge in [0.2, 0.25) is 0 Å². The number of hydrogen-bond acceptors (Lipinski definition) is 3. The summed E-state index contributed by atoms with van der Waals surface area (Å²) >= 11 is 0. The minimum absolute atomic E-state index is 0.0404. The number of carbonyl (C=O) groups excluding carboxylic acids is 1. The van der Waals surface area contributed by atoms with E-state index in [4.69, 9.17) is 9.47 Å². The molecule has 2 aromatic rings. The maximum Gasteiger partial charge on any atom is 0.315 e. The van der Waals surface area contributed by atoms with Crippen molar-refractivity contribution in [3.05, 3.63) is 59.7 Å². The van der Waals surface area contributed by atoms with Crippen molar-refractivity contribution in [2.75, 3.05) is 13.7 Å². The second-order valence-electron chi connectivity index (χ2n) is 5.72. The zero-order valence-electron chi connectivity index (χ0n) is 13.7. The van der Waals surface area contributed by atoms with Gasteiger partial charge < -0.3 is 20.1 Å². The Morgan fingerprint density at radius 1 is 1.21 bits per heavy atom. The molecule has 0 aromatic heterocycles. The molecule has 2 amide bonds. The number of amides is 2. The lowest BCUT2D eigenvalue weighted by Crippen LogP contribution is -2.37. The predicted molar refractivity (Wildman–Crippen MR) is 92.3 cm³/mol. The van der Waals surface area contributed by atoms with Gasteiger partial charge in [-0.1, -0.05) is 36.4 Å². The fourth-order valence-corrected chi connectivity index (χ4v) is 2.91. The highest BCUT2D eigenvalue weighted by atomic mass is 16.5. The molecule has 126 valence electrons. The van der Waals surface area contributed by atoms with Crippen LogP contribution in [-0.2, 0) is 6.54 Å². The molecule has 2 aromatic carbocycles. The molecular formula is C19H22N2O3. The van der Waals surface area contributed by atoms with Crippen molar-refractivity contribution in [1.29, 1.82) is 0 Å². The van der Waals surface area contributed by atoms with Crippen molar-refractivity contribution in [3.8, 4) is 11.5 Å². The largest absolute Gasteiger partial charge is 0.496 e. The number of para-hydroxylation sites is 2. The average molecular weight is 326 g/mol. The molecule has 2 N–H and O–H groups in total. The first-order valence-corrected chi connectivity index (χ1v) is 8.16. The highest BCUT2D eigenvalue weighted by Crippen LogP contribution is 2.31.